The zero-order valence-corrected chi connectivity index (χ0v) is 10.2. The maximum Gasteiger partial charge on any atom is 0.166 e. The summed E-state index contributed by atoms with van der Waals surface area (Å²) in [7, 11) is 1.62. The summed E-state index contributed by atoms with van der Waals surface area (Å²) in [6, 6.07) is 7.54. The van der Waals surface area contributed by atoms with Crippen LogP contribution in [0.15, 0.2) is 42.0 Å². The zero-order valence-electron chi connectivity index (χ0n) is 10.2. The topological polar surface area (TPSA) is 43.4 Å². The number of benzene rings is 1. The first kappa shape index (κ1) is 12.3. The monoisotopic (exact) mass is 242 g/mol. The summed E-state index contributed by atoms with van der Waals surface area (Å²) >= 11 is 0. The lowest BCUT2D eigenvalue weighted by atomic mass is 10.1. The maximum absolute atomic E-state index is 11.4. The Kier molecular flexibility index (Phi) is 3.72. The van der Waals surface area contributed by atoms with Gasteiger partial charge in [0.2, 0.25) is 0 Å². The highest BCUT2D eigenvalue weighted by Gasteiger charge is 2.24. The number of rotatable bonds is 3. The summed E-state index contributed by atoms with van der Waals surface area (Å²) < 4.78 is 5.06. The molecule has 0 heterocycles. The molecule has 0 aliphatic heterocycles. The van der Waals surface area contributed by atoms with Gasteiger partial charge in [-0.25, -0.2) is 0 Å². The van der Waals surface area contributed by atoms with Gasteiger partial charge in [0, 0.05) is 12.8 Å². The van der Waals surface area contributed by atoms with Gasteiger partial charge in [0.1, 0.15) is 5.75 Å². The van der Waals surface area contributed by atoms with Crippen molar-refractivity contribution >= 4 is 17.6 Å². The number of hydrogen-bond donors (Lipinski definition) is 0. The van der Waals surface area contributed by atoms with Crippen molar-refractivity contribution in [1.29, 1.82) is 0 Å². The average molecular weight is 242 g/mol. The number of allylic oxidation sites excluding steroid dienone is 3. The van der Waals surface area contributed by atoms with Crippen LogP contribution in [0.4, 0.5) is 0 Å². The summed E-state index contributed by atoms with van der Waals surface area (Å²) in [4.78, 5) is 22.7. The molecular formula is C15H14O3. The molecular weight excluding hydrogens is 228 g/mol. The van der Waals surface area contributed by atoms with Crippen LogP contribution in [0.2, 0.25) is 0 Å². The molecule has 92 valence electrons. The molecule has 0 radical (unpaired) electrons. The molecule has 0 atom stereocenters. The molecule has 1 aromatic rings. The van der Waals surface area contributed by atoms with Crippen LogP contribution in [0.25, 0.3) is 6.08 Å². The number of Topliss-reactive ketones (excluding diaryl/α,β-unsaturated/α-hetero) is 2. The third-order valence-corrected chi connectivity index (χ3v) is 2.85. The number of ether oxygens (including phenoxy) is 1. The molecule has 1 aliphatic rings. The number of carbonyl (C=O) groups excluding carboxylic acids is 2. The van der Waals surface area contributed by atoms with E-state index in [2.05, 4.69) is 0 Å². The first-order valence-corrected chi connectivity index (χ1v) is 5.79. The second kappa shape index (κ2) is 5.45. The van der Waals surface area contributed by atoms with Crippen molar-refractivity contribution in [2.45, 2.75) is 12.8 Å². The molecule has 2 rings (SSSR count). The summed E-state index contributed by atoms with van der Waals surface area (Å²) in [5.41, 5.74) is 1.31. The van der Waals surface area contributed by atoms with E-state index >= 15 is 0 Å². The Bertz CT molecular complexity index is 503. The highest BCUT2D eigenvalue weighted by atomic mass is 16.5. The van der Waals surface area contributed by atoms with Crippen LogP contribution >= 0.6 is 0 Å². The predicted octanol–water partition coefficient (Wildman–Crippen LogP) is 2.57. The Hall–Kier alpha value is -2.16. The van der Waals surface area contributed by atoms with Crippen molar-refractivity contribution in [3.05, 3.63) is 47.6 Å². The average Bonchev–Trinajstić information content (AvgIpc) is 2.71. The van der Waals surface area contributed by atoms with E-state index in [1.165, 1.54) is 0 Å². The summed E-state index contributed by atoms with van der Waals surface area (Å²) in [5.74, 6) is 0.686. The minimum absolute atomic E-state index is 0.0561. The van der Waals surface area contributed by atoms with E-state index in [-0.39, 0.29) is 11.6 Å². The minimum atomic E-state index is -0.0561. The number of carbonyl (C=O) groups is 2. The van der Waals surface area contributed by atoms with Gasteiger partial charge in [0.25, 0.3) is 0 Å². The molecule has 0 N–H and O–H groups in total. The molecule has 1 aliphatic carbocycles. The third-order valence-electron chi connectivity index (χ3n) is 2.85. The number of methoxy groups -OCH3 is 1. The Morgan fingerprint density at radius 3 is 2.22 bits per heavy atom. The fraction of sp³-hybridized carbons (Fsp3) is 0.200. The van der Waals surface area contributed by atoms with Crippen molar-refractivity contribution in [3.8, 4) is 5.75 Å². The lowest BCUT2D eigenvalue weighted by Crippen LogP contribution is -1.97. The predicted molar refractivity (Wildman–Crippen MR) is 69.4 cm³/mol. The van der Waals surface area contributed by atoms with Crippen LogP contribution in [-0.4, -0.2) is 18.7 Å². The van der Waals surface area contributed by atoms with Crippen molar-refractivity contribution < 1.29 is 14.3 Å². The second-order valence-corrected chi connectivity index (χ2v) is 4.06. The Morgan fingerprint density at radius 1 is 1.06 bits per heavy atom. The maximum atomic E-state index is 11.4. The van der Waals surface area contributed by atoms with Crippen molar-refractivity contribution in [2.24, 2.45) is 0 Å². The highest BCUT2D eigenvalue weighted by Crippen LogP contribution is 2.17. The van der Waals surface area contributed by atoms with Crippen molar-refractivity contribution in [2.75, 3.05) is 7.11 Å². The third kappa shape index (κ3) is 2.74. The molecule has 0 bridgehead atoms. The minimum Gasteiger partial charge on any atom is -0.497 e. The van der Waals surface area contributed by atoms with E-state index in [4.69, 9.17) is 4.74 Å². The van der Waals surface area contributed by atoms with Gasteiger partial charge >= 0.3 is 0 Å². The van der Waals surface area contributed by atoms with E-state index in [0.29, 0.717) is 18.4 Å². The quantitative estimate of drug-likeness (QED) is 0.604. The van der Waals surface area contributed by atoms with Gasteiger partial charge in [-0.1, -0.05) is 24.3 Å². The van der Waals surface area contributed by atoms with Gasteiger partial charge in [-0.3, -0.25) is 9.59 Å². The number of hydrogen-bond acceptors (Lipinski definition) is 3. The smallest absolute Gasteiger partial charge is 0.166 e. The van der Waals surface area contributed by atoms with Gasteiger partial charge in [-0.05, 0) is 23.8 Å². The first-order valence-electron chi connectivity index (χ1n) is 5.79. The first-order chi connectivity index (χ1) is 8.70. The fourth-order valence-corrected chi connectivity index (χ4v) is 1.81. The van der Waals surface area contributed by atoms with Crippen LogP contribution in [0, 0.1) is 0 Å². The Labute approximate surface area is 106 Å². The molecule has 0 unspecified atom stereocenters. The molecule has 0 spiro atoms. The van der Waals surface area contributed by atoms with Crippen molar-refractivity contribution in [3.63, 3.8) is 0 Å². The molecule has 1 aromatic carbocycles. The van der Waals surface area contributed by atoms with E-state index < -0.39 is 0 Å². The summed E-state index contributed by atoms with van der Waals surface area (Å²) in [6.45, 7) is 0. The van der Waals surface area contributed by atoms with E-state index in [1.54, 1.807) is 19.3 Å². The standard InChI is InChI=1S/C15H14O3/c1-18-12-7-5-11(6-8-12)3-2-4-13-14(16)9-10-15(13)17/h2-8H,9-10H2,1H3/b3-2+. The van der Waals surface area contributed by atoms with Gasteiger partial charge in [0.15, 0.2) is 11.6 Å². The van der Waals surface area contributed by atoms with Gasteiger partial charge in [-0.15, -0.1) is 0 Å². The SMILES string of the molecule is COc1ccc(/C=C/C=C2C(=O)CCC2=O)cc1. The zero-order chi connectivity index (χ0) is 13.0. The van der Waals surface area contributed by atoms with Gasteiger partial charge < -0.3 is 4.74 Å². The molecule has 0 aromatic heterocycles. The Morgan fingerprint density at radius 2 is 1.67 bits per heavy atom. The number of ketones is 2. The van der Waals surface area contributed by atoms with Crippen LogP contribution in [0.3, 0.4) is 0 Å². The summed E-state index contributed by atoms with van der Waals surface area (Å²) in [6.07, 6.45) is 5.88. The molecule has 3 heteroatoms. The fourth-order valence-electron chi connectivity index (χ4n) is 1.81. The van der Waals surface area contributed by atoms with Crippen LogP contribution < -0.4 is 4.74 Å². The molecule has 18 heavy (non-hydrogen) atoms. The highest BCUT2D eigenvalue weighted by molar-refractivity contribution is 6.25. The Balaban J connectivity index is 2.08. The van der Waals surface area contributed by atoms with E-state index in [9.17, 15) is 9.59 Å². The second-order valence-electron chi connectivity index (χ2n) is 4.06. The molecule has 3 nitrogen and oxygen atoms in total. The molecule has 1 saturated carbocycles. The van der Waals surface area contributed by atoms with Crippen LogP contribution in [0.5, 0.6) is 5.75 Å². The van der Waals surface area contributed by atoms with Crippen LogP contribution in [0.1, 0.15) is 18.4 Å². The molecule has 1 fully saturated rings. The van der Waals surface area contributed by atoms with E-state index in [1.807, 2.05) is 30.3 Å². The molecule has 0 saturated heterocycles. The molecule has 0 amide bonds. The van der Waals surface area contributed by atoms with Crippen molar-refractivity contribution in [1.82, 2.24) is 0 Å². The van der Waals surface area contributed by atoms with Crippen LogP contribution in [-0.2, 0) is 9.59 Å². The largest absolute Gasteiger partial charge is 0.497 e. The van der Waals surface area contributed by atoms with Gasteiger partial charge in [-0.2, -0.15) is 0 Å². The summed E-state index contributed by atoms with van der Waals surface area (Å²) in [5, 5.41) is 0. The van der Waals surface area contributed by atoms with Gasteiger partial charge in [0.05, 0.1) is 12.7 Å². The lowest BCUT2D eigenvalue weighted by Gasteiger charge is -1.98. The normalized spacial score (nSPS) is 15.5. The van der Waals surface area contributed by atoms with E-state index in [0.717, 1.165) is 11.3 Å². The lowest BCUT2D eigenvalue weighted by molar-refractivity contribution is -0.116.